The molecule has 1 N–H and O–H groups in total. The Balaban J connectivity index is 0.00000208. The van der Waals surface area contributed by atoms with Gasteiger partial charge in [0.1, 0.15) is 5.75 Å². The van der Waals surface area contributed by atoms with E-state index in [9.17, 15) is 4.79 Å². The smallest absolute Gasteiger partial charge is 0.227 e. The minimum atomic E-state index is 0. The van der Waals surface area contributed by atoms with E-state index in [-0.39, 0.29) is 18.3 Å². The summed E-state index contributed by atoms with van der Waals surface area (Å²) in [4.78, 5) is 17.2. The summed E-state index contributed by atoms with van der Waals surface area (Å²) < 4.78 is 5.39. The second-order valence-electron chi connectivity index (χ2n) is 6.56. The molecule has 3 rings (SSSR count). The van der Waals surface area contributed by atoms with Gasteiger partial charge in [0, 0.05) is 50.9 Å². The van der Waals surface area contributed by atoms with E-state index in [0.717, 1.165) is 62.6 Å². The fraction of sp³-hybridized carbons (Fsp3) is 0.611. The van der Waals surface area contributed by atoms with Crippen LogP contribution in [0.15, 0.2) is 18.2 Å². The largest absolute Gasteiger partial charge is 0.496 e. The molecular weight excluding hydrogens is 326 g/mol. The van der Waals surface area contributed by atoms with Gasteiger partial charge in [-0.25, -0.2) is 0 Å². The number of likely N-dealkylation sites (tertiary alicyclic amines) is 1. The molecule has 5 nitrogen and oxygen atoms in total. The molecule has 2 aliphatic heterocycles. The first-order valence-corrected chi connectivity index (χ1v) is 8.53. The highest BCUT2D eigenvalue weighted by atomic mass is 35.5. The predicted molar refractivity (Wildman–Crippen MR) is 98.1 cm³/mol. The van der Waals surface area contributed by atoms with Crippen molar-refractivity contribution in [2.45, 2.75) is 25.8 Å². The van der Waals surface area contributed by atoms with E-state index in [1.807, 2.05) is 24.0 Å². The van der Waals surface area contributed by atoms with Crippen LogP contribution >= 0.6 is 12.4 Å². The second kappa shape index (κ2) is 8.70. The second-order valence-corrected chi connectivity index (χ2v) is 6.56. The van der Waals surface area contributed by atoms with Gasteiger partial charge >= 0.3 is 0 Å². The Morgan fingerprint density at radius 3 is 2.75 bits per heavy atom. The first kappa shape index (κ1) is 19.0. The summed E-state index contributed by atoms with van der Waals surface area (Å²) in [5, 5.41) is 3.39. The van der Waals surface area contributed by atoms with Crippen LogP contribution in [0.4, 0.5) is 0 Å². The van der Waals surface area contributed by atoms with E-state index < -0.39 is 0 Å². The third kappa shape index (κ3) is 4.41. The number of nitrogens with one attached hydrogen (secondary N) is 1. The van der Waals surface area contributed by atoms with E-state index >= 15 is 0 Å². The third-order valence-corrected chi connectivity index (χ3v) is 4.96. The molecular formula is C18H28ClN3O2. The summed E-state index contributed by atoms with van der Waals surface area (Å²) in [5.74, 6) is 1.02. The van der Waals surface area contributed by atoms with Gasteiger partial charge < -0.3 is 15.0 Å². The average molecular weight is 354 g/mol. The number of ether oxygens (including phenoxy) is 1. The van der Waals surface area contributed by atoms with Crippen LogP contribution in [0, 0.1) is 6.92 Å². The molecule has 0 saturated carbocycles. The Morgan fingerprint density at radius 1 is 1.29 bits per heavy atom. The first-order valence-electron chi connectivity index (χ1n) is 8.53. The lowest BCUT2D eigenvalue weighted by atomic mass is 10.1. The van der Waals surface area contributed by atoms with Crippen LogP contribution in [0.5, 0.6) is 5.75 Å². The third-order valence-electron chi connectivity index (χ3n) is 4.96. The van der Waals surface area contributed by atoms with Crippen molar-refractivity contribution in [3.05, 3.63) is 29.3 Å². The standard InChI is InChI=1S/C18H27N3O2.ClH/c1-14-3-4-17(23-2)15(11-14)12-18(22)21-8-5-16(13-21)20-9-6-19-7-10-20;/h3-4,11,16,19H,5-10,12-13H2,1-2H3;1H. The van der Waals surface area contributed by atoms with Crippen molar-refractivity contribution in [2.75, 3.05) is 46.4 Å². The number of halogens is 1. The van der Waals surface area contributed by atoms with Crippen molar-refractivity contribution < 1.29 is 9.53 Å². The minimum Gasteiger partial charge on any atom is -0.496 e. The van der Waals surface area contributed by atoms with Gasteiger partial charge in [-0.1, -0.05) is 17.7 Å². The lowest BCUT2D eigenvalue weighted by molar-refractivity contribution is -0.129. The summed E-state index contributed by atoms with van der Waals surface area (Å²) in [6.45, 7) is 8.10. The highest BCUT2D eigenvalue weighted by molar-refractivity contribution is 5.85. The van der Waals surface area contributed by atoms with Crippen LogP contribution in [-0.2, 0) is 11.2 Å². The molecule has 24 heavy (non-hydrogen) atoms. The zero-order valence-corrected chi connectivity index (χ0v) is 15.4. The molecule has 2 aliphatic rings. The molecule has 0 aliphatic carbocycles. The van der Waals surface area contributed by atoms with Crippen molar-refractivity contribution in [1.29, 1.82) is 0 Å². The van der Waals surface area contributed by atoms with Gasteiger partial charge in [0.25, 0.3) is 0 Å². The van der Waals surface area contributed by atoms with Gasteiger partial charge in [0.2, 0.25) is 5.91 Å². The molecule has 0 spiro atoms. The Kier molecular flexibility index (Phi) is 6.90. The van der Waals surface area contributed by atoms with Gasteiger partial charge in [-0.2, -0.15) is 0 Å². The van der Waals surface area contributed by atoms with Crippen LogP contribution < -0.4 is 10.1 Å². The van der Waals surface area contributed by atoms with Crippen LogP contribution in [-0.4, -0.2) is 68.1 Å². The van der Waals surface area contributed by atoms with Crippen molar-refractivity contribution in [1.82, 2.24) is 15.1 Å². The molecule has 134 valence electrons. The number of rotatable bonds is 4. The number of hydrogen-bond donors (Lipinski definition) is 1. The van der Waals surface area contributed by atoms with Crippen LogP contribution in [0.1, 0.15) is 17.5 Å². The lowest BCUT2D eigenvalue weighted by Gasteiger charge is -2.32. The fourth-order valence-corrected chi connectivity index (χ4v) is 3.63. The van der Waals surface area contributed by atoms with Crippen molar-refractivity contribution >= 4 is 18.3 Å². The Bertz CT molecular complexity index is 561. The number of carbonyl (C=O) groups excluding carboxylic acids is 1. The Hall–Kier alpha value is -1.30. The van der Waals surface area contributed by atoms with Gasteiger partial charge in [-0.3, -0.25) is 9.69 Å². The molecule has 0 bridgehead atoms. The normalized spacial score (nSPS) is 21.4. The monoisotopic (exact) mass is 353 g/mol. The predicted octanol–water partition coefficient (Wildman–Crippen LogP) is 1.47. The van der Waals surface area contributed by atoms with Crippen LogP contribution in [0.3, 0.4) is 0 Å². The summed E-state index contributed by atoms with van der Waals surface area (Å²) in [5.41, 5.74) is 2.15. The minimum absolute atomic E-state index is 0. The lowest BCUT2D eigenvalue weighted by Crippen LogP contribution is -2.49. The number of carbonyl (C=O) groups is 1. The molecule has 1 atom stereocenters. The topological polar surface area (TPSA) is 44.8 Å². The van der Waals surface area contributed by atoms with E-state index in [1.165, 1.54) is 0 Å². The summed E-state index contributed by atoms with van der Waals surface area (Å²) >= 11 is 0. The Labute approximate surface area is 150 Å². The molecule has 0 radical (unpaired) electrons. The summed E-state index contributed by atoms with van der Waals surface area (Å²) in [6, 6.07) is 6.55. The molecule has 1 unspecified atom stereocenters. The van der Waals surface area contributed by atoms with E-state index in [2.05, 4.69) is 16.3 Å². The number of amides is 1. The fourth-order valence-electron chi connectivity index (χ4n) is 3.63. The van der Waals surface area contributed by atoms with Crippen LogP contribution in [0.2, 0.25) is 0 Å². The molecule has 1 aromatic rings. The van der Waals surface area contributed by atoms with Crippen molar-refractivity contribution in [3.8, 4) is 5.75 Å². The van der Waals surface area contributed by atoms with Crippen molar-refractivity contribution in [2.24, 2.45) is 0 Å². The molecule has 0 aromatic heterocycles. The van der Waals surface area contributed by atoms with E-state index in [0.29, 0.717) is 12.5 Å². The maximum absolute atomic E-state index is 12.7. The number of hydrogen-bond acceptors (Lipinski definition) is 4. The molecule has 1 amide bonds. The zero-order valence-electron chi connectivity index (χ0n) is 14.6. The average Bonchev–Trinajstić information content (AvgIpc) is 3.06. The van der Waals surface area contributed by atoms with Gasteiger partial charge in [0.05, 0.1) is 13.5 Å². The first-order chi connectivity index (χ1) is 11.2. The number of benzene rings is 1. The number of piperazine rings is 1. The number of nitrogens with zero attached hydrogens (tertiary/aromatic N) is 2. The SMILES string of the molecule is COc1ccc(C)cc1CC(=O)N1CCC(N2CCNCC2)C1.Cl. The van der Waals surface area contributed by atoms with E-state index in [4.69, 9.17) is 4.74 Å². The highest BCUT2D eigenvalue weighted by Crippen LogP contribution is 2.23. The zero-order chi connectivity index (χ0) is 16.2. The van der Waals surface area contributed by atoms with E-state index in [1.54, 1.807) is 7.11 Å². The molecule has 2 fully saturated rings. The Morgan fingerprint density at radius 2 is 2.04 bits per heavy atom. The molecule has 6 heteroatoms. The summed E-state index contributed by atoms with van der Waals surface area (Å²) in [7, 11) is 1.66. The molecule has 2 saturated heterocycles. The molecule has 1 aromatic carbocycles. The maximum Gasteiger partial charge on any atom is 0.227 e. The van der Waals surface area contributed by atoms with Crippen molar-refractivity contribution in [3.63, 3.8) is 0 Å². The van der Waals surface area contributed by atoms with Crippen LogP contribution in [0.25, 0.3) is 0 Å². The van der Waals surface area contributed by atoms with Gasteiger partial charge in [0.15, 0.2) is 0 Å². The summed E-state index contributed by atoms with van der Waals surface area (Å²) in [6.07, 6.45) is 1.52. The van der Waals surface area contributed by atoms with Gasteiger partial charge in [-0.15, -0.1) is 12.4 Å². The number of aryl methyl sites for hydroxylation is 1. The maximum atomic E-state index is 12.7. The van der Waals surface area contributed by atoms with Gasteiger partial charge in [-0.05, 0) is 19.4 Å². The highest BCUT2D eigenvalue weighted by Gasteiger charge is 2.31. The quantitative estimate of drug-likeness (QED) is 0.890. The number of methoxy groups -OCH3 is 1. The molecule has 2 heterocycles.